The van der Waals surface area contributed by atoms with Crippen molar-refractivity contribution < 1.29 is 4.79 Å². The van der Waals surface area contributed by atoms with Gasteiger partial charge in [0.15, 0.2) is 6.19 Å². The quantitative estimate of drug-likeness (QED) is 0.819. The number of nitrogens with zero attached hydrogens (tertiary/aromatic N) is 3. The fraction of sp³-hybridized carbons (Fsp3) is 0.375. The maximum atomic E-state index is 12.5. The highest BCUT2D eigenvalue weighted by Crippen LogP contribution is 2.30. The monoisotopic (exact) mass is 297 g/mol. The lowest BCUT2D eigenvalue weighted by Gasteiger charge is -2.22. The molecule has 3 rings (SSSR count). The van der Waals surface area contributed by atoms with Crippen molar-refractivity contribution in [3.05, 3.63) is 42.4 Å². The molecule has 0 aliphatic carbocycles. The number of para-hydroxylation sites is 1. The molecule has 0 radical (unpaired) electrons. The van der Waals surface area contributed by atoms with E-state index >= 15 is 0 Å². The smallest absolute Gasteiger partial charge is 0.233 e. The summed E-state index contributed by atoms with van der Waals surface area (Å²) in [4.78, 5) is 16.1. The third kappa shape index (κ3) is 2.70. The molecule has 6 heteroatoms. The normalized spacial score (nSPS) is 23.7. The number of nitrogens with one attached hydrogen (secondary N) is 2. The van der Waals surface area contributed by atoms with Gasteiger partial charge in [0.05, 0.1) is 12.1 Å². The Labute approximate surface area is 130 Å². The van der Waals surface area contributed by atoms with Crippen molar-refractivity contribution in [1.82, 2.24) is 15.5 Å². The molecule has 22 heavy (non-hydrogen) atoms. The molecule has 1 amide bonds. The highest BCUT2D eigenvalue weighted by Gasteiger charge is 2.40. The first-order valence-electron chi connectivity index (χ1n) is 7.34. The number of likely N-dealkylation sites (tertiary alicyclic amines) is 1. The van der Waals surface area contributed by atoms with Gasteiger partial charge in [-0.05, 0) is 25.5 Å². The highest BCUT2D eigenvalue weighted by molar-refractivity contribution is 5.84. The van der Waals surface area contributed by atoms with Crippen LogP contribution in [0.4, 0.5) is 5.69 Å². The second-order valence-electron chi connectivity index (χ2n) is 5.97. The van der Waals surface area contributed by atoms with Crippen molar-refractivity contribution in [1.29, 1.82) is 5.26 Å². The Hall–Kier alpha value is -2.68. The van der Waals surface area contributed by atoms with Crippen LogP contribution in [0.1, 0.15) is 13.3 Å². The highest BCUT2D eigenvalue weighted by atomic mass is 16.2. The average molecular weight is 297 g/mol. The number of anilines is 1. The van der Waals surface area contributed by atoms with Gasteiger partial charge in [0.1, 0.15) is 5.82 Å². The van der Waals surface area contributed by atoms with Crippen molar-refractivity contribution in [2.45, 2.75) is 13.3 Å². The Kier molecular flexibility index (Phi) is 3.63. The predicted molar refractivity (Wildman–Crippen MR) is 83.1 cm³/mol. The first-order valence-corrected chi connectivity index (χ1v) is 7.34. The molecule has 0 spiro atoms. The molecular formula is C16H19N5O. The number of hydrogen-bond acceptors (Lipinski definition) is 5. The van der Waals surface area contributed by atoms with Gasteiger partial charge >= 0.3 is 0 Å². The van der Waals surface area contributed by atoms with Gasteiger partial charge in [-0.25, -0.2) is 0 Å². The van der Waals surface area contributed by atoms with E-state index < -0.39 is 5.41 Å². The summed E-state index contributed by atoms with van der Waals surface area (Å²) in [6.45, 7) is 3.65. The van der Waals surface area contributed by atoms with Crippen LogP contribution in [-0.2, 0) is 4.79 Å². The molecule has 114 valence electrons. The Morgan fingerprint density at radius 3 is 2.86 bits per heavy atom. The zero-order chi connectivity index (χ0) is 15.6. The second-order valence-corrected chi connectivity index (χ2v) is 5.97. The number of amides is 1. The zero-order valence-electron chi connectivity index (χ0n) is 12.5. The van der Waals surface area contributed by atoms with E-state index in [0.717, 1.165) is 5.69 Å². The molecule has 2 N–H and O–H groups in total. The lowest BCUT2D eigenvalue weighted by Crippen LogP contribution is -2.42. The molecule has 2 heterocycles. The molecule has 2 aliphatic rings. The second kappa shape index (κ2) is 5.60. The van der Waals surface area contributed by atoms with Gasteiger partial charge in [-0.15, -0.1) is 0 Å². The lowest BCUT2D eigenvalue weighted by atomic mass is 9.89. The van der Waals surface area contributed by atoms with Gasteiger partial charge in [0, 0.05) is 25.0 Å². The maximum Gasteiger partial charge on any atom is 0.233 e. The van der Waals surface area contributed by atoms with Crippen LogP contribution in [0.3, 0.4) is 0 Å². The van der Waals surface area contributed by atoms with E-state index in [4.69, 9.17) is 5.26 Å². The lowest BCUT2D eigenvalue weighted by molar-refractivity contribution is -0.128. The Morgan fingerprint density at radius 2 is 2.18 bits per heavy atom. The molecule has 1 aromatic rings. The SMILES string of the molecule is CC1(C(=O)NC2=CN(c3ccccc3)CN2)CCN(C#N)C1. The minimum Gasteiger partial charge on any atom is -0.353 e. The number of carbonyl (C=O) groups is 1. The fourth-order valence-electron chi connectivity index (χ4n) is 2.78. The van der Waals surface area contributed by atoms with Crippen LogP contribution in [0.15, 0.2) is 42.4 Å². The van der Waals surface area contributed by atoms with E-state index in [1.807, 2.05) is 48.4 Å². The fourth-order valence-corrected chi connectivity index (χ4v) is 2.78. The zero-order valence-corrected chi connectivity index (χ0v) is 12.5. The molecular weight excluding hydrogens is 278 g/mol. The summed E-state index contributed by atoms with van der Waals surface area (Å²) < 4.78 is 0. The summed E-state index contributed by atoms with van der Waals surface area (Å²) in [5, 5.41) is 15.1. The van der Waals surface area contributed by atoms with Crippen molar-refractivity contribution in [3.8, 4) is 6.19 Å². The largest absolute Gasteiger partial charge is 0.353 e. The van der Waals surface area contributed by atoms with Crippen molar-refractivity contribution in [3.63, 3.8) is 0 Å². The molecule has 1 fully saturated rings. The predicted octanol–water partition coefficient (Wildman–Crippen LogP) is 1.16. The summed E-state index contributed by atoms with van der Waals surface area (Å²) >= 11 is 0. The summed E-state index contributed by atoms with van der Waals surface area (Å²) in [6.07, 6.45) is 4.70. The van der Waals surface area contributed by atoms with E-state index in [-0.39, 0.29) is 5.91 Å². The standard InChI is InChI=1S/C16H19N5O/c1-16(7-8-20(10-16)11-17)15(22)19-14-9-21(12-18-14)13-5-3-2-4-6-13/h2-6,9,18H,7-8,10,12H2,1H3,(H,19,22). The Balaban J connectivity index is 1.65. The van der Waals surface area contributed by atoms with Crippen LogP contribution in [-0.4, -0.2) is 30.6 Å². The Bertz CT molecular complexity index is 636. The van der Waals surface area contributed by atoms with Crippen LogP contribution in [0, 0.1) is 16.9 Å². The maximum absolute atomic E-state index is 12.5. The van der Waals surface area contributed by atoms with E-state index in [9.17, 15) is 4.79 Å². The number of rotatable bonds is 3. The van der Waals surface area contributed by atoms with Gasteiger partial charge in [-0.3, -0.25) is 4.79 Å². The Morgan fingerprint density at radius 1 is 1.41 bits per heavy atom. The number of nitriles is 1. The molecule has 2 aliphatic heterocycles. The summed E-state index contributed by atoms with van der Waals surface area (Å²) in [7, 11) is 0. The van der Waals surface area contributed by atoms with E-state index in [1.165, 1.54) is 0 Å². The van der Waals surface area contributed by atoms with Gasteiger partial charge in [0.25, 0.3) is 0 Å². The summed E-state index contributed by atoms with van der Waals surface area (Å²) in [5.41, 5.74) is 0.556. The molecule has 0 aromatic heterocycles. The van der Waals surface area contributed by atoms with Gasteiger partial charge in [0.2, 0.25) is 5.91 Å². The molecule has 1 aromatic carbocycles. The van der Waals surface area contributed by atoms with Crippen molar-refractivity contribution in [2.24, 2.45) is 5.41 Å². The van der Waals surface area contributed by atoms with Gasteiger partial charge < -0.3 is 20.4 Å². The summed E-state index contributed by atoms with van der Waals surface area (Å²) in [6, 6.07) is 9.98. The minimum atomic E-state index is -0.515. The third-order valence-corrected chi connectivity index (χ3v) is 4.22. The molecule has 1 atom stereocenters. The van der Waals surface area contributed by atoms with Crippen molar-refractivity contribution in [2.75, 3.05) is 24.7 Å². The van der Waals surface area contributed by atoms with Gasteiger partial charge in [-0.2, -0.15) is 5.26 Å². The minimum absolute atomic E-state index is 0.0427. The first-order chi connectivity index (χ1) is 10.6. The van der Waals surface area contributed by atoms with Crippen LogP contribution < -0.4 is 15.5 Å². The molecule has 6 nitrogen and oxygen atoms in total. The molecule has 1 saturated heterocycles. The van der Waals surface area contributed by atoms with E-state index in [1.54, 1.807) is 4.90 Å². The van der Waals surface area contributed by atoms with Crippen LogP contribution in [0.2, 0.25) is 0 Å². The number of hydrogen-bond donors (Lipinski definition) is 2. The van der Waals surface area contributed by atoms with E-state index in [0.29, 0.717) is 32.0 Å². The molecule has 0 bridgehead atoms. The molecule has 1 unspecified atom stereocenters. The molecule has 0 saturated carbocycles. The average Bonchev–Trinajstić information content (AvgIpc) is 3.16. The van der Waals surface area contributed by atoms with Crippen LogP contribution >= 0.6 is 0 Å². The van der Waals surface area contributed by atoms with Crippen molar-refractivity contribution >= 4 is 11.6 Å². The number of benzene rings is 1. The third-order valence-electron chi connectivity index (χ3n) is 4.22. The number of carbonyl (C=O) groups excluding carboxylic acids is 1. The van der Waals surface area contributed by atoms with Crippen LogP contribution in [0.5, 0.6) is 0 Å². The summed E-state index contributed by atoms with van der Waals surface area (Å²) in [5.74, 6) is 0.657. The topological polar surface area (TPSA) is 71.4 Å². The first kappa shape index (κ1) is 14.3. The van der Waals surface area contributed by atoms with Crippen LogP contribution in [0.25, 0.3) is 0 Å². The van der Waals surface area contributed by atoms with E-state index in [2.05, 4.69) is 16.8 Å². The van der Waals surface area contributed by atoms with Gasteiger partial charge in [-0.1, -0.05) is 18.2 Å².